The van der Waals surface area contributed by atoms with Crippen LogP contribution in [0.15, 0.2) is 42.5 Å². The molecule has 1 aliphatic heterocycles. The Morgan fingerprint density at radius 2 is 2.00 bits per heavy atom. The van der Waals surface area contributed by atoms with Gasteiger partial charge in [-0.3, -0.25) is 4.79 Å². The number of carbonyl (C=O) groups is 1. The summed E-state index contributed by atoms with van der Waals surface area (Å²) in [5.74, 6) is -0.0237. The van der Waals surface area contributed by atoms with Crippen LogP contribution in [0.2, 0.25) is 5.02 Å². The van der Waals surface area contributed by atoms with Crippen molar-refractivity contribution in [1.82, 2.24) is 5.32 Å². The van der Waals surface area contributed by atoms with Gasteiger partial charge in [-0.05, 0) is 36.6 Å². The highest BCUT2D eigenvalue weighted by atomic mass is 35.5. The van der Waals surface area contributed by atoms with Crippen molar-refractivity contribution in [2.45, 2.75) is 19.4 Å². The van der Waals surface area contributed by atoms with E-state index in [9.17, 15) is 4.79 Å². The lowest BCUT2D eigenvalue weighted by molar-refractivity contribution is 0.0925. The van der Waals surface area contributed by atoms with Crippen molar-refractivity contribution in [3.05, 3.63) is 69.7 Å². The van der Waals surface area contributed by atoms with Gasteiger partial charge in [0, 0.05) is 10.6 Å². The monoisotopic (exact) mass is 271 g/mol. The number of hydrogen-bond acceptors (Lipinski definition) is 1. The Morgan fingerprint density at radius 1 is 1.21 bits per heavy atom. The van der Waals surface area contributed by atoms with E-state index in [0.717, 1.165) is 28.7 Å². The molecule has 1 aliphatic rings. The summed E-state index contributed by atoms with van der Waals surface area (Å²) in [7, 11) is 0. The molecule has 2 aromatic carbocycles. The molecule has 1 N–H and O–H groups in total. The molecule has 1 atom stereocenters. The Balaban J connectivity index is 2.01. The maximum absolute atomic E-state index is 12.1. The van der Waals surface area contributed by atoms with E-state index in [1.54, 1.807) is 0 Å². The van der Waals surface area contributed by atoms with E-state index in [-0.39, 0.29) is 11.9 Å². The highest BCUT2D eigenvalue weighted by Crippen LogP contribution is 2.30. The van der Waals surface area contributed by atoms with E-state index in [1.165, 1.54) is 0 Å². The van der Waals surface area contributed by atoms with Crippen LogP contribution in [-0.4, -0.2) is 5.91 Å². The lowest BCUT2D eigenvalue weighted by atomic mass is 9.91. The summed E-state index contributed by atoms with van der Waals surface area (Å²) in [4.78, 5) is 12.1. The van der Waals surface area contributed by atoms with Crippen LogP contribution in [-0.2, 0) is 6.42 Å². The van der Waals surface area contributed by atoms with Gasteiger partial charge in [0.05, 0.1) is 6.04 Å². The quantitative estimate of drug-likeness (QED) is 0.842. The van der Waals surface area contributed by atoms with Gasteiger partial charge in [0.2, 0.25) is 0 Å². The van der Waals surface area contributed by atoms with Crippen molar-refractivity contribution in [1.29, 1.82) is 0 Å². The number of halogens is 1. The number of aryl methyl sites for hydroxylation is 1. The van der Waals surface area contributed by atoms with Crippen LogP contribution in [0.25, 0.3) is 0 Å². The minimum Gasteiger partial charge on any atom is -0.345 e. The van der Waals surface area contributed by atoms with Gasteiger partial charge in [-0.25, -0.2) is 0 Å². The lowest BCUT2D eigenvalue weighted by Gasteiger charge is -2.26. The van der Waals surface area contributed by atoms with E-state index in [4.69, 9.17) is 11.6 Å². The highest BCUT2D eigenvalue weighted by Gasteiger charge is 2.26. The van der Waals surface area contributed by atoms with E-state index >= 15 is 0 Å². The van der Waals surface area contributed by atoms with Crippen LogP contribution >= 0.6 is 11.6 Å². The van der Waals surface area contributed by atoms with Gasteiger partial charge < -0.3 is 5.32 Å². The second-order valence-electron chi connectivity index (χ2n) is 4.91. The molecule has 0 spiro atoms. The third-order valence-corrected chi connectivity index (χ3v) is 3.86. The van der Waals surface area contributed by atoms with E-state index < -0.39 is 0 Å². The van der Waals surface area contributed by atoms with E-state index in [2.05, 4.69) is 5.32 Å². The number of benzene rings is 2. The molecule has 2 nitrogen and oxygen atoms in total. The second-order valence-corrected chi connectivity index (χ2v) is 5.32. The Morgan fingerprint density at radius 3 is 2.84 bits per heavy atom. The van der Waals surface area contributed by atoms with Crippen LogP contribution in [0.1, 0.15) is 33.1 Å². The van der Waals surface area contributed by atoms with E-state index in [0.29, 0.717) is 5.02 Å². The molecule has 0 radical (unpaired) electrons. The largest absolute Gasteiger partial charge is 0.345 e. The van der Waals surface area contributed by atoms with Gasteiger partial charge in [-0.1, -0.05) is 47.5 Å². The van der Waals surface area contributed by atoms with Crippen LogP contribution in [0, 0.1) is 6.92 Å². The predicted molar refractivity (Wildman–Crippen MR) is 76.5 cm³/mol. The first-order chi connectivity index (χ1) is 9.15. The van der Waals surface area contributed by atoms with Gasteiger partial charge in [-0.15, -0.1) is 0 Å². The molecule has 0 bridgehead atoms. The molecule has 0 saturated heterocycles. The average molecular weight is 272 g/mol. The minimum absolute atomic E-state index is 0.0237. The molecule has 1 amide bonds. The van der Waals surface area contributed by atoms with Crippen LogP contribution in [0.4, 0.5) is 0 Å². The Bertz CT molecular complexity index is 651. The predicted octanol–water partition coefficient (Wildman–Crippen LogP) is 3.68. The first-order valence-electron chi connectivity index (χ1n) is 6.30. The summed E-state index contributed by atoms with van der Waals surface area (Å²) in [6.45, 7) is 2.03. The number of fused-ring (bicyclic) bond motifs is 1. The molecule has 0 aromatic heterocycles. The number of carbonyl (C=O) groups excluding carboxylic acids is 1. The Labute approximate surface area is 117 Å². The standard InChI is InChI=1S/C16H14ClNO/c1-10-6-7-14(17)13(8-10)15-9-11-4-2-3-5-12(11)16(19)18-15/h2-8,15H,9H2,1H3,(H,18,19)/t15-/m1/s1. The number of nitrogens with one attached hydrogen (secondary N) is 1. The second kappa shape index (κ2) is 4.71. The van der Waals surface area contributed by atoms with Crippen molar-refractivity contribution in [2.75, 3.05) is 0 Å². The fraction of sp³-hybridized carbons (Fsp3) is 0.188. The molecule has 96 valence electrons. The van der Waals surface area contributed by atoms with Gasteiger partial charge in [0.15, 0.2) is 0 Å². The highest BCUT2D eigenvalue weighted by molar-refractivity contribution is 6.31. The third kappa shape index (κ3) is 2.24. The molecule has 2 aromatic rings. The third-order valence-electron chi connectivity index (χ3n) is 3.52. The maximum Gasteiger partial charge on any atom is 0.252 e. The SMILES string of the molecule is Cc1ccc(Cl)c([C@H]2Cc3ccccc3C(=O)N2)c1. The molecule has 0 aliphatic carbocycles. The zero-order valence-corrected chi connectivity index (χ0v) is 11.4. The fourth-order valence-corrected chi connectivity index (χ4v) is 2.79. The van der Waals surface area contributed by atoms with Gasteiger partial charge in [0.1, 0.15) is 0 Å². The summed E-state index contributed by atoms with van der Waals surface area (Å²) >= 11 is 6.25. The normalized spacial score (nSPS) is 17.8. The van der Waals surface area contributed by atoms with Crippen molar-refractivity contribution in [3.63, 3.8) is 0 Å². The fourth-order valence-electron chi connectivity index (χ4n) is 2.54. The lowest BCUT2D eigenvalue weighted by Crippen LogP contribution is -2.35. The molecule has 0 unspecified atom stereocenters. The smallest absolute Gasteiger partial charge is 0.252 e. The summed E-state index contributed by atoms with van der Waals surface area (Å²) in [6, 6.07) is 13.6. The zero-order chi connectivity index (χ0) is 13.4. The summed E-state index contributed by atoms with van der Waals surface area (Å²) in [6.07, 6.45) is 0.783. The number of hydrogen-bond donors (Lipinski definition) is 1. The van der Waals surface area contributed by atoms with Crippen LogP contribution in [0.3, 0.4) is 0 Å². The summed E-state index contributed by atoms with van der Waals surface area (Å²) < 4.78 is 0. The molecular weight excluding hydrogens is 258 g/mol. The first-order valence-corrected chi connectivity index (χ1v) is 6.68. The topological polar surface area (TPSA) is 29.1 Å². The van der Waals surface area contributed by atoms with E-state index in [1.807, 2.05) is 49.4 Å². The van der Waals surface area contributed by atoms with Crippen molar-refractivity contribution in [2.24, 2.45) is 0 Å². The van der Waals surface area contributed by atoms with Crippen LogP contribution < -0.4 is 5.32 Å². The van der Waals surface area contributed by atoms with Gasteiger partial charge in [0.25, 0.3) is 5.91 Å². The molecule has 19 heavy (non-hydrogen) atoms. The van der Waals surface area contributed by atoms with Crippen LogP contribution in [0.5, 0.6) is 0 Å². The zero-order valence-electron chi connectivity index (χ0n) is 10.6. The molecule has 3 heteroatoms. The summed E-state index contributed by atoms with van der Waals surface area (Å²) in [5, 5.41) is 3.74. The van der Waals surface area contributed by atoms with Gasteiger partial charge in [-0.2, -0.15) is 0 Å². The average Bonchev–Trinajstić information content (AvgIpc) is 2.41. The molecule has 1 heterocycles. The number of rotatable bonds is 1. The minimum atomic E-state index is -0.0465. The number of amides is 1. The Hall–Kier alpha value is -1.80. The molecule has 3 rings (SSSR count). The van der Waals surface area contributed by atoms with Crippen molar-refractivity contribution in [3.8, 4) is 0 Å². The molecule has 0 fully saturated rings. The van der Waals surface area contributed by atoms with Crippen molar-refractivity contribution < 1.29 is 4.79 Å². The molecule has 0 saturated carbocycles. The van der Waals surface area contributed by atoms with Crippen molar-refractivity contribution >= 4 is 17.5 Å². The van der Waals surface area contributed by atoms with Gasteiger partial charge >= 0.3 is 0 Å². The maximum atomic E-state index is 12.1. The summed E-state index contributed by atoms with van der Waals surface area (Å²) in [5.41, 5.74) is 3.98. The Kier molecular flexibility index (Phi) is 3.03. The first kappa shape index (κ1) is 12.2. The molecular formula is C16H14ClNO.